The largest absolute Gasteiger partial charge is 0.493 e. The van der Waals surface area contributed by atoms with Gasteiger partial charge in [-0.1, -0.05) is 38.1 Å². The monoisotopic (exact) mass is 371 g/mol. The average molecular weight is 371 g/mol. The van der Waals surface area contributed by atoms with Gasteiger partial charge >= 0.3 is 0 Å². The van der Waals surface area contributed by atoms with E-state index in [1.54, 1.807) is 14.2 Å². The first-order chi connectivity index (χ1) is 13.0. The van der Waals surface area contributed by atoms with Gasteiger partial charge in [0.15, 0.2) is 17.6 Å². The van der Waals surface area contributed by atoms with Crippen molar-refractivity contribution in [3.8, 4) is 17.2 Å². The van der Waals surface area contributed by atoms with Crippen LogP contribution >= 0.6 is 0 Å². The lowest BCUT2D eigenvalue weighted by molar-refractivity contribution is -0.129. The molecular weight excluding hydrogens is 342 g/mol. The van der Waals surface area contributed by atoms with Crippen LogP contribution < -0.4 is 19.5 Å². The molecule has 1 N–H and O–H groups in total. The molecule has 0 aliphatic rings. The fourth-order valence-corrected chi connectivity index (χ4v) is 2.92. The van der Waals surface area contributed by atoms with Crippen LogP contribution in [0.1, 0.15) is 43.9 Å². The minimum absolute atomic E-state index is 0.123. The summed E-state index contributed by atoms with van der Waals surface area (Å²) >= 11 is 0. The Morgan fingerprint density at radius 2 is 1.67 bits per heavy atom. The molecule has 0 bridgehead atoms. The predicted molar refractivity (Wildman–Crippen MR) is 107 cm³/mol. The van der Waals surface area contributed by atoms with Crippen LogP contribution in [0.25, 0.3) is 0 Å². The van der Waals surface area contributed by atoms with Crippen LogP contribution in [0.15, 0.2) is 42.5 Å². The molecule has 2 aromatic rings. The maximum absolute atomic E-state index is 12.8. The number of aryl methyl sites for hydroxylation is 1. The summed E-state index contributed by atoms with van der Waals surface area (Å²) in [5.41, 5.74) is 1.98. The van der Waals surface area contributed by atoms with Gasteiger partial charge in [-0.15, -0.1) is 0 Å². The van der Waals surface area contributed by atoms with Crippen molar-refractivity contribution in [2.45, 2.75) is 45.8 Å². The molecule has 0 unspecified atom stereocenters. The van der Waals surface area contributed by atoms with E-state index in [2.05, 4.69) is 5.32 Å². The number of para-hydroxylation sites is 1. The Morgan fingerprint density at radius 1 is 0.963 bits per heavy atom. The Bertz CT molecular complexity index is 760. The Labute approximate surface area is 161 Å². The smallest absolute Gasteiger partial charge is 0.261 e. The quantitative estimate of drug-likeness (QED) is 0.708. The van der Waals surface area contributed by atoms with Gasteiger partial charge in [-0.3, -0.25) is 4.79 Å². The molecule has 0 saturated carbocycles. The van der Waals surface area contributed by atoms with E-state index in [4.69, 9.17) is 14.2 Å². The number of carbonyl (C=O) groups is 1. The summed E-state index contributed by atoms with van der Waals surface area (Å²) in [5, 5.41) is 3.10. The third kappa shape index (κ3) is 5.16. The zero-order chi connectivity index (χ0) is 19.8. The Balaban J connectivity index is 2.14. The summed E-state index contributed by atoms with van der Waals surface area (Å²) in [5.74, 6) is 1.92. The molecule has 0 saturated heterocycles. The van der Waals surface area contributed by atoms with Crippen LogP contribution in [0.4, 0.5) is 0 Å². The SMILES string of the molecule is CC[C@@H](Oc1ccccc1C)C(=O)N[C@H](CC)c1ccc(OC)c(OC)c1. The Hall–Kier alpha value is -2.69. The standard InChI is InChI=1S/C22H29NO4/c1-6-17(16-12-13-20(25-4)21(14-16)26-5)23-22(24)18(7-2)27-19-11-9-8-10-15(19)3/h8-14,17-18H,6-7H2,1-5H3,(H,23,24)/t17-,18-/m1/s1. The number of benzene rings is 2. The van der Waals surface area contributed by atoms with Crippen molar-refractivity contribution >= 4 is 5.91 Å². The second-order valence-corrected chi connectivity index (χ2v) is 6.36. The highest BCUT2D eigenvalue weighted by atomic mass is 16.5. The molecule has 2 rings (SSSR count). The zero-order valence-electron chi connectivity index (χ0n) is 16.7. The lowest BCUT2D eigenvalue weighted by atomic mass is 10.0. The molecular formula is C22H29NO4. The van der Waals surface area contributed by atoms with E-state index in [9.17, 15) is 4.79 Å². The number of ether oxygens (including phenoxy) is 3. The summed E-state index contributed by atoms with van der Waals surface area (Å²) in [6.45, 7) is 5.95. The minimum Gasteiger partial charge on any atom is -0.493 e. The predicted octanol–water partition coefficient (Wildman–Crippen LogP) is 4.44. The maximum atomic E-state index is 12.8. The molecule has 2 aromatic carbocycles. The molecule has 0 spiro atoms. The fourth-order valence-electron chi connectivity index (χ4n) is 2.92. The summed E-state index contributed by atoms with van der Waals surface area (Å²) in [7, 11) is 3.20. The number of carbonyl (C=O) groups excluding carboxylic acids is 1. The number of hydrogen-bond donors (Lipinski definition) is 1. The first kappa shape index (κ1) is 20.6. The van der Waals surface area contributed by atoms with Crippen molar-refractivity contribution in [2.24, 2.45) is 0 Å². The van der Waals surface area contributed by atoms with Gasteiger partial charge in [0, 0.05) is 0 Å². The van der Waals surface area contributed by atoms with Crippen molar-refractivity contribution in [2.75, 3.05) is 14.2 Å². The van der Waals surface area contributed by atoms with Crippen LogP contribution in [0.3, 0.4) is 0 Å². The van der Waals surface area contributed by atoms with Crippen molar-refractivity contribution in [3.05, 3.63) is 53.6 Å². The second-order valence-electron chi connectivity index (χ2n) is 6.36. The number of amides is 1. The second kappa shape index (κ2) is 9.86. The number of hydrogen-bond acceptors (Lipinski definition) is 4. The molecule has 0 aliphatic heterocycles. The van der Waals surface area contributed by atoms with Gasteiger partial charge in [-0.25, -0.2) is 0 Å². The third-order valence-electron chi connectivity index (χ3n) is 4.56. The van der Waals surface area contributed by atoms with E-state index in [-0.39, 0.29) is 11.9 Å². The van der Waals surface area contributed by atoms with Crippen molar-refractivity contribution in [1.29, 1.82) is 0 Å². The molecule has 1 amide bonds. The molecule has 27 heavy (non-hydrogen) atoms. The van der Waals surface area contributed by atoms with Gasteiger partial charge in [-0.05, 0) is 49.1 Å². The molecule has 146 valence electrons. The van der Waals surface area contributed by atoms with E-state index in [0.29, 0.717) is 17.9 Å². The normalized spacial score (nSPS) is 12.8. The molecule has 0 heterocycles. The molecule has 5 heteroatoms. The molecule has 5 nitrogen and oxygen atoms in total. The lowest BCUT2D eigenvalue weighted by Gasteiger charge is -2.23. The van der Waals surface area contributed by atoms with Crippen LogP contribution in [-0.2, 0) is 4.79 Å². The van der Waals surface area contributed by atoms with E-state index < -0.39 is 6.10 Å². The first-order valence-corrected chi connectivity index (χ1v) is 9.28. The van der Waals surface area contributed by atoms with Gasteiger partial charge in [-0.2, -0.15) is 0 Å². The van der Waals surface area contributed by atoms with Crippen LogP contribution in [0.5, 0.6) is 17.2 Å². The Kier molecular flexibility index (Phi) is 7.53. The van der Waals surface area contributed by atoms with Gasteiger partial charge in [0.05, 0.1) is 20.3 Å². The van der Waals surface area contributed by atoms with E-state index in [1.807, 2.05) is 63.2 Å². The summed E-state index contributed by atoms with van der Waals surface area (Å²) < 4.78 is 16.6. The van der Waals surface area contributed by atoms with Crippen molar-refractivity contribution in [1.82, 2.24) is 5.32 Å². The summed E-state index contributed by atoms with van der Waals surface area (Å²) in [4.78, 5) is 12.8. The highest BCUT2D eigenvalue weighted by Crippen LogP contribution is 2.31. The van der Waals surface area contributed by atoms with Crippen LogP contribution in [-0.4, -0.2) is 26.2 Å². The molecule has 0 aromatic heterocycles. The van der Waals surface area contributed by atoms with E-state index >= 15 is 0 Å². The van der Waals surface area contributed by atoms with Crippen molar-refractivity contribution in [3.63, 3.8) is 0 Å². The zero-order valence-corrected chi connectivity index (χ0v) is 16.7. The topological polar surface area (TPSA) is 56.8 Å². The van der Waals surface area contributed by atoms with E-state index in [0.717, 1.165) is 23.3 Å². The molecule has 0 radical (unpaired) electrons. The van der Waals surface area contributed by atoms with Gasteiger partial charge in [0.1, 0.15) is 5.75 Å². The fraction of sp³-hybridized carbons (Fsp3) is 0.409. The van der Waals surface area contributed by atoms with Gasteiger partial charge in [0.25, 0.3) is 5.91 Å². The van der Waals surface area contributed by atoms with E-state index in [1.165, 1.54) is 0 Å². The van der Waals surface area contributed by atoms with Gasteiger partial charge < -0.3 is 19.5 Å². The third-order valence-corrected chi connectivity index (χ3v) is 4.56. The highest BCUT2D eigenvalue weighted by molar-refractivity contribution is 5.81. The minimum atomic E-state index is -0.541. The molecule has 0 fully saturated rings. The number of rotatable bonds is 9. The van der Waals surface area contributed by atoms with Crippen LogP contribution in [0, 0.1) is 6.92 Å². The Morgan fingerprint density at radius 3 is 2.26 bits per heavy atom. The highest BCUT2D eigenvalue weighted by Gasteiger charge is 2.23. The van der Waals surface area contributed by atoms with Crippen LogP contribution in [0.2, 0.25) is 0 Å². The average Bonchev–Trinajstić information content (AvgIpc) is 2.70. The van der Waals surface area contributed by atoms with Crippen molar-refractivity contribution < 1.29 is 19.0 Å². The lowest BCUT2D eigenvalue weighted by Crippen LogP contribution is -2.40. The summed E-state index contributed by atoms with van der Waals surface area (Å²) in [6, 6.07) is 13.3. The number of nitrogens with one attached hydrogen (secondary N) is 1. The molecule has 2 atom stereocenters. The molecule has 0 aliphatic carbocycles. The maximum Gasteiger partial charge on any atom is 0.261 e. The van der Waals surface area contributed by atoms with Gasteiger partial charge in [0.2, 0.25) is 0 Å². The summed E-state index contributed by atoms with van der Waals surface area (Å²) in [6.07, 6.45) is 0.796. The number of methoxy groups -OCH3 is 2. The first-order valence-electron chi connectivity index (χ1n) is 9.28.